The number of hydrogen-bond acceptors (Lipinski definition) is 3. The highest BCUT2D eigenvalue weighted by molar-refractivity contribution is 5.84. The monoisotopic (exact) mass is 187 g/mol. The molecule has 0 saturated carbocycles. The third-order valence-corrected chi connectivity index (χ3v) is 2.32. The fourth-order valence-electron chi connectivity index (χ4n) is 1.23. The maximum atomic E-state index is 11.8. The van der Waals surface area contributed by atoms with E-state index in [9.17, 15) is 4.79 Å². The van der Waals surface area contributed by atoms with Gasteiger partial charge < -0.3 is 14.4 Å². The van der Waals surface area contributed by atoms with Gasteiger partial charge in [-0.2, -0.15) is 0 Å². The van der Waals surface area contributed by atoms with Crippen LogP contribution in [0.25, 0.3) is 0 Å². The van der Waals surface area contributed by atoms with Crippen LogP contribution >= 0.6 is 0 Å². The number of morpholine rings is 1. The zero-order valence-corrected chi connectivity index (χ0v) is 8.50. The number of amides is 1. The summed E-state index contributed by atoms with van der Waals surface area (Å²) in [6.45, 7) is 6.17. The molecule has 0 spiro atoms. The molecule has 1 fully saturated rings. The Morgan fingerprint density at radius 1 is 1.38 bits per heavy atom. The van der Waals surface area contributed by atoms with Gasteiger partial charge >= 0.3 is 0 Å². The highest BCUT2D eigenvalue weighted by atomic mass is 16.5. The molecule has 1 aliphatic rings. The van der Waals surface area contributed by atoms with Crippen LogP contribution in [0.5, 0.6) is 0 Å². The highest BCUT2D eigenvalue weighted by Gasteiger charge is 2.32. The van der Waals surface area contributed by atoms with E-state index in [0.29, 0.717) is 26.3 Å². The van der Waals surface area contributed by atoms with E-state index in [1.54, 1.807) is 25.9 Å². The highest BCUT2D eigenvalue weighted by Crippen LogP contribution is 2.13. The summed E-state index contributed by atoms with van der Waals surface area (Å²) in [6, 6.07) is 0. The van der Waals surface area contributed by atoms with Gasteiger partial charge in [-0.3, -0.25) is 4.79 Å². The maximum Gasteiger partial charge on any atom is 0.254 e. The molecule has 0 bridgehead atoms. The molecular weight excluding hydrogens is 170 g/mol. The van der Waals surface area contributed by atoms with E-state index < -0.39 is 5.60 Å². The van der Waals surface area contributed by atoms with Crippen molar-refractivity contribution in [3.05, 3.63) is 0 Å². The number of carbonyl (C=O) groups is 1. The second kappa shape index (κ2) is 4.07. The number of nitrogens with zero attached hydrogens (tertiary/aromatic N) is 1. The van der Waals surface area contributed by atoms with Gasteiger partial charge in [0.2, 0.25) is 0 Å². The molecule has 4 heteroatoms. The smallest absolute Gasteiger partial charge is 0.254 e. The van der Waals surface area contributed by atoms with E-state index in [4.69, 9.17) is 9.47 Å². The van der Waals surface area contributed by atoms with Gasteiger partial charge in [0.1, 0.15) is 5.60 Å². The van der Waals surface area contributed by atoms with Gasteiger partial charge in [-0.15, -0.1) is 0 Å². The average Bonchev–Trinajstić information content (AvgIpc) is 2.18. The minimum Gasteiger partial charge on any atom is -0.378 e. The van der Waals surface area contributed by atoms with Crippen molar-refractivity contribution in [3.8, 4) is 0 Å². The summed E-state index contributed by atoms with van der Waals surface area (Å²) in [5.41, 5.74) is -0.711. The molecule has 1 amide bonds. The fraction of sp³-hybridized carbons (Fsp3) is 0.889. The third-order valence-electron chi connectivity index (χ3n) is 2.32. The largest absolute Gasteiger partial charge is 0.378 e. The lowest BCUT2D eigenvalue weighted by molar-refractivity contribution is -0.155. The zero-order chi connectivity index (χ0) is 9.90. The number of rotatable bonds is 2. The van der Waals surface area contributed by atoms with Crippen molar-refractivity contribution in [1.82, 2.24) is 4.90 Å². The summed E-state index contributed by atoms with van der Waals surface area (Å²) < 4.78 is 10.3. The molecule has 0 aromatic rings. The summed E-state index contributed by atoms with van der Waals surface area (Å²) in [4.78, 5) is 13.6. The Balaban J connectivity index is 2.55. The van der Waals surface area contributed by atoms with E-state index in [2.05, 4.69) is 0 Å². The molecule has 1 heterocycles. The van der Waals surface area contributed by atoms with E-state index in [1.165, 1.54) is 0 Å². The lowest BCUT2D eigenvalue weighted by Gasteiger charge is -2.33. The molecule has 1 saturated heterocycles. The summed E-state index contributed by atoms with van der Waals surface area (Å²) in [6.07, 6.45) is 0. The zero-order valence-electron chi connectivity index (χ0n) is 8.50. The summed E-state index contributed by atoms with van der Waals surface area (Å²) >= 11 is 0. The normalized spacial score (nSPS) is 18.8. The molecule has 1 rings (SSSR count). The molecule has 0 aliphatic carbocycles. The second-order valence-electron chi connectivity index (χ2n) is 3.62. The quantitative estimate of drug-likeness (QED) is 0.623. The Morgan fingerprint density at radius 3 is 2.38 bits per heavy atom. The molecule has 1 aliphatic heterocycles. The van der Waals surface area contributed by atoms with Crippen LogP contribution in [0.4, 0.5) is 0 Å². The van der Waals surface area contributed by atoms with Crippen LogP contribution in [0.3, 0.4) is 0 Å². The van der Waals surface area contributed by atoms with Crippen LogP contribution in [0, 0.1) is 0 Å². The molecule has 0 radical (unpaired) electrons. The first kappa shape index (κ1) is 10.5. The first-order valence-electron chi connectivity index (χ1n) is 4.50. The average molecular weight is 187 g/mol. The molecule has 76 valence electrons. The molecule has 0 N–H and O–H groups in total. The van der Waals surface area contributed by atoms with Gasteiger partial charge in [0, 0.05) is 20.2 Å². The summed E-state index contributed by atoms with van der Waals surface area (Å²) in [5, 5.41) is 0. The number of hydrogen-bond donors (Lipinski definition) is 0. The summed E-state index contributed by atoms with van der Waals surface area (Å²) in [7, 11) is 1.55. The van der Waals surface area contributed by atoms with Crippen molar-refractivity contribution in [1.29, 1.82) is 0 Å². The standard InChI is InChI=1S/C9H17NO3/c1-9(2,12-3)8(11)10-4-6-13-7-5-10/h4-7H2,1-3H3. The maximum absolute atomic E-state index is 11.8. The van der Waals surface area contributed by atoms with Crippen molar-refractivity contribution in [3.63, 3.8) is 0 Å². The first-order chi connectivity index (χ1) is 6.08. The topological polar surface area (TPSA) is 38.8 Å². The molecule has 0 aromatic carbocycles. The minimum absolute atomic E-state index is 0.0401. The van der Waals surface area contributed by atoms with Crippen molar-refractivity contribution in [2.75, 3.05) is 33.4 Å². The van der Waals surface area contributed by atoms with E-state index >= 15 is 0 Å². The predicted octanol–water partition coefficient (Wildman–Crippen LogP) is 0.270. The predicted molar refractivity (Wildman–Crippen MR) is 48.5 cm³/mol. The number of carbonyl (C=O) groups excluding carboxylic acids is 1. The second-order valence-corrected chi connectivity index (χ2v) is 3.62. The van der Waals surface area contributed by atoms with Crippen molar-refractivity contribution in [2.45, 2.75) is 19.4 Å². The van der Waals surface area contributed by atoms with Gasteiger partial charge in [0.15, 0.2) is 0 Å². The number of ether oxygens (including phenoxy) is 2. The van der Waals surface area contributed by atoms with Gasteiger partial charge in [-0.05, 0) is 13.8 Å². The number of methoxy groups -OCH3 is 1. The van der Waals surface area contributed by atoms with E-state index in [0.717, 1.165) is 0 Å². The molecule has 0 aromatic heterocycles. The Bertz CT molecular complexity index is 185. The van der Waals surface area contributed by atoms with E-state index in [-0.39, 0.29) is 5.91 Å². The van der Waals surface area contributed by atoms with Crippen LogP contribution < -0.4 is 0 Å². The van der Waals surface area contributed by atoms with Gasteiger partial charge in [-0.1, -0.05) is 0 Å². The van der Waals surface area contributed by atoms with E-state index in [1.807, 2.05) is 0 Å². The van der Waals surface area contributed by atoms with Crippen molar-refractivity contribution in [2.24, 2.45) is 0 Å². The molecular formula is C9H17NO3. The van der Waals surface area contributed by atoms with Gasteiger partial charge in [0.05, 0.1) is 13.2 Å². The summed E-state index contributed by atoms with van der Waals surface area (Å²) in [5.74, 6) is 0.0401. The van der Waals surface area contributed by atoms with Crippen LogP contribution in [-0.2, 0) is 14.3 Å². The fourth-order valence-corrected chi connectivity index (χ4v) is 1.23. The van der Waals surface area contributed by atoms with Crippen molar-refractivity contribution >= 4 is 5.91 Å². The van der Waals surface area contributed by atoms with Crippen molar-refractivity contribution < 1.29 is 14.3 Å². The van der Waals surface area contributed by atoms with Gasteiger partial charge in [-0.25, -0.2) is 0 Å². The lowest BCUT2D eigenvalue weighted by atomic mass is 10.1. The first-order valence-corrected chi connectivity index (χ1v) is 4.50. The van der Waals surface area contributed by atoms with Crippen LogP contribution in [-0.4, -0.2) is 49.8 Å². The Kier molecular flexibility index (Phi) is 3.27. The molecule has 4 nitrogen and oxygen atoms in total. The van der Waals surface area contributed by atoms with Crippen LogP contribution in [0.15, 0.2) is 0 Å². The Labute approximate surface area is 78.8 Å². The Morgan fingerprint density at radius 2 is 1.92 bits per heavy atom. The molecule has 13 heavy (non-hydrogen) atoms. The third kappa shape index (κ3) is 2.42. The Hall–Kier alpha value is -0.610. The minimum atomic E-state index is -0.711. The lowest BCUT2D eigenvalue weighted by Crippen LogP contribution is -2.50. The van der Waals surface area contributed by atoms with Gasteiger partial charge in [0.25, 0.3) is 5.91 Å². The SMILES string of the molecule is COC(C)(C)C(=O)N1CCOCC1. The van der Waals surface area contributed by atoms with Crippen LogP contribution in [0.1, 0.15) is 13.8 Å². The molecule has 0 atom stereocenters. The van der Waals surface area contributed by atoms with Crippen LogP contribution in [0.2, 0.25) is 0 Å². The molecule has 0 unspecified atom stereocenters.